The van der Waals surface area contributed by atoms with Gasteiger partial charge >= 0.3 is 0 Å². The van der Waals surface area contributed by atoms with Gasteiger partial charge in [0.2, 0.25) is 5.90 Å². The summed E-state index contributed by atoms with van der Waals surface area (Å²) in [5.74, 6) is -0.340. The first-order chi connectivity index (χ1) is 7.34. The van der Waals surface area contributed by atoms with Crippen molar-refractivity contribution >= 4 is 40.7 Å². The Morgan fingerprint density at radius 1 is 1.00 bits per heavy atom. The van der Waals surface area contributed by atoms with Crippen LogP contribution in [0.4, 0.5) is 0 Å². The van der Waals surface area contributed by atoms with Crippen molar-refractivity contribution in [2.24, 2.45) is 0 Å². The van der Waals surface area contributed by atoms with Gasteiger partial charge in [-0.25, -0.2) is 0 Å². The van der Waals surface area contributed by atoms with Crippen LogP contribution in [0.15, 0.2) is 0 Å². The Hall–Kier alpha value is 0.340. The molecule has 0 aliphatic heterocycles. The number of halogens is 3. The Bertz CT molecular complexity index is 186. The molecule has 5 heteroatoms. The topological polar surface area (TPSA) is 33.1 Å². The minimum atomic E-state index is -1.73. The fourth-order valence-electron chi connectivity index (χ4n) is 1.36. The summed E-state index contributed by atoms with van der Waals surface area (Å²) in [5.41, 5.74) is 0. The minimum Gasteiger partial charge on any atom is -0.475 e. The van der Waals surface area contributed by atoms with Crippen LogP contribution in [-0.4, -0.2) is 15.8 Å². The summed E-state index contributed by atoms with van der Waals surface area (Å²) in [4.78, 5) is 0. The number of hydrogen-bond acceptors (Lipinski definition) is 2. The van der Waals surface area contributed by atoms with Crippen LogP contribution in [0.5, 0.6) is 0 Å². The molecule has 1 aliphatic rings. The second-order valence-corrected chi connectivity index (χ2v) is 6.40. The lowest BCUT2D eigenvalue weighted by atomic mass is 10.0. The largest absolute Gasteiger partial charge is 0.475 e. The Morgan fingerprint density at radius 3 is 1.44 bits per heavy atom. The van der Waals surface area contributed by atoms with Gasteiger partial charge < -0.3 is 4.74 Å². The Labute approximate surface area is 113 Å². The first-order valence-electron chi connectivity index (χ1n) is 5.66. The van der Waals surface area contributed by atoms with E-state index in [-0.39, 0.29) is 12.0 Å². The predicted octanol–water partition coefficient (Wildman–Crippen LogP) is 5.10. The summed E-state index contributed by atoms with van der Waals surface area (Å²) in [7, 11) is 0. The van der Waals surface area contributed by atoms with Crippen LogP contribution in [0.2, 0.25) is 0 Å². The van der Waals surface area contributed by atoms with Crippen LogP contribution in [0, 0.1) is 5.41 Å². The standard InChI is InChI=1S/C6H12.C5H8Cl3NO/c1-2-4-6-5-3-1;1-3(2)10-4(9)5(6,7)8/h1-6H2;3,9H,1-2H3. The molecular formula is C11H20Cl3NO. The third-order valence-electron chi connectivity index (χ3n) is 2.11. The van der Waals surface area contributed by atoms with E-state index in [2.05, 4.69) is 0 Å². The molecule has 0 aromatic rings. The van der Waals surface area contributed by atoms with E-state index in [1.54, 1.807) is 13.8 Å². The molecule has 16 heavy (non-hydrogen) atoms. The molecule has 1 N–H and O–H groups in total. The van der Waals surface area contributed by atoms with E-state index in [0.717, 1.165) is 0 Å². The molecule has 0 aromatic heterocycles. The number of rotatable bonds is 1. The second-order valence-electron chi connectivity index (χ2n) is 4.11. The molecule has 0 heterocycles. The molecule has 0 spiro atoms. The summed E-state index contributed by atoms with van der Waals surface area (Å²) in [6, 6.07) is 0. The van der Waals surface area contributed by atoms with E-state index < -0.39 is 3.79 Å². The summed E-state index contributed by atoms with van der Waals surface area (Å²) in [5, 5.41) is 7.05. The highest BCUT2D eigenvalue weighted by atomic mass is 35.6. The number of ether oxygens (including phenoxy) is 1. The molecule has 0 atom stereocenters. The molecule has 1 aliphatic carbocycles. The predicted molar refractivity (Wildman–Crippen MR) is 71.9 cm³/mol. The van der Waals surface area contributed by atoms with Gasteiger partial charge in [0.25, 0.3) is 3.79 Å². The van der Waals surface area contributed by atoms with E-state index in [4.69, 9.17) is 44.9 Å². The zero-order valence-electron chi connectivity index (χ0n) is 9.86. The average molecular weight is 289 g/mol. The lowest BCUT2D eigenvalue weighted by Gasteiger charge is -2.15. The summed E-state index contributed by atoms with van der Waals surface area (Å²) < 4.78 is 3.07. The SMILES string of the molecule is C1CCCCC1.CC(C)OC(=N)C(Cl)(Cl)Cl. The van der Waals surface area contributed by atoms with Crippen molar-refractivity contribution in [2.45, 2.75) is 62.3 Å². The highest BCUT2D eigenvalue weighted by molar-refractivity contribution is 6.76. The van der Waals surface area contributed by atoms with Crippen molar-refractivity contribution < 1.29 is 4.74 Å². The average Bonchev–Trinajstić information content (AvgIpc) is 2.19. The Balaban J connectivity index is 0.000000315. The lowest BCUT2D eigenvalue weighted by Crippen LogP contribution is -2.24. The van der Waals surface area contributed by atoms with Crippen LogP contribution in [0.1, 0.15) is 52.4 Å². The van der Waals surface area contributed by atoms with Gasteiger partial charge in [-0.15, -0.1) is 0 Å². The third kappa shape index (κ3) is 9.56. The zero-order valence-corrected chi connectivity index (χ0v) is 12.1. The van der Waals surface area contributed by atoms with Crippen molar-refractivity contribution in [3.8, 4) is 0 Å². The molecule has 96 valence electrons. The summed E-state index contributed by atoms with van der Waals surface area (Å²) >= 11 is 15.9. The fraction of sp³-hybridized carbons (Fsp3) is 0.909. The molecule has 0 unspecified atom stereocenters. The quantitative estimate of drug-likeness (QED) is 0.406. The lowest BCUT2D eigenvalue weighted by molar-refractivity contribution is 0.221. The van der Waals surface area contributed by atoms with Gasteiger partial charge in [-0.05, 0) is 13.8 Å². The molecule has 1 rings (SSSR count). The van der Waals surface area contributed by atoms with E-state index in [9.17, 15) is 0 Å². The maximum absolute atomic E-state index is 7.05. The highest BCUT2D eigenvalue weighted by Crippen LogP contribution is 2.28. The molecule has 0 bridgehead atoms. The van der Waals surface area contributed by atoms with E-state index in [0.29, 0.717) is 0 Å². The first-order valence-corrected chi connectivity index (χ1v) is 6.80. The van der Waals surface area contributed by atoms with Gasteiger partial charge in [-0.2, -0.15) is 0 Å². The van der Waals surface area contributed by atoms with Crippen molar-refractivity contribution in [1.29, 1.82) is 5.41 Å². The van der Waals surface area contributed by atoms with Gasteiger partial charge in [0.05, 0.1) is 6.10 Å². The zero-order chi connectivity index (χ0) is 12.6. The maximum Gasteiger partial charge on any atom is 0.265 e. The van der Waals surface area contributed by atoms with Crippen molar-refractivity contribution in [1.82, 2.24) is 0 Å². The van der Waals surface area contributed by atoms with Crippen LogP contribution in [0.25, 0.3) is 0 Å². The van der Waals surface area contributed by atoms with Crippen LogP contribution in [-0.2, 0) is 4.74 Å². The number of hydrogen-bond donors (Lipinski definition) is 1. The van der Waals surface area contributed by atoms with E-state index >= 15 is 0 Å². The van der Waals surface area contributed by atoms with Gasteiger partial charge in [0, 0.05) is 0 Å². The first kappa shape index (κ1) is 16.3. The number of nitrogens with one attached hydrogen (secondary N) is 1. The minimum absolute atomic E-state index is 0.136. The van der Waals surface area contributed by atoms with Crippen LogP contribution < -0.4 is 0 Å². The Kier molecular flexibility index (Phi) is 8.61. The fourth-order valence-corrected chi connectivity index (χ4v) is 1.50. The summed E-state index contributed by atoms with van der Waals surface area (Å²) in [6.45, 7) is 3.51. The van der Waals surface area contributed by atoms with Crippen molar-refractivity contribution in [3.05, 3.63) is 0 Å². The molecule has 0 aromatic carbocycles. The van der Waals surface area contributed by atoms with E-state index in [1.165, 1.54) is 38.5 Å². The van der Waals surface area contributed by atoms with Crippen LogP contribution >= 0.6 is 34.8 Å². The second kappa shape index (κ2) is 8.43. The molecule has 0 radical (unpaired) electrons. The third-order valence-corrected chi connectivity index (χ3v) is 2.63. The maximum atomic E-state index is 7.05. The van der Waals surface area contributed by atoms with Gasteiger partial charge in [-0.3, -0.25) is 5.41 Å². The van der Waals surface area contributed by atoms with Gasteiger partial charge in [0.1, 0.15) is 0 Å². The summed E-state index contributed by atoms with van der Waals surface area (Å²) in [6.07, 6.45) is 8.86. The van der Waals surface area contributed by atoms with Crippen LogP contribution in [0.3, 0.4) is 0 Å². The van der Waals surface area contributed by atoms with Crippen molar-refractivity contribution in [2.75, 3.05) is 0 Å². The monoisotopic (exact) mass is 287 g/mol. The van der Waals surface area contributed by atoms with Gasteiger partial charge in [-0.1, -0.05) is 73.3 Å². The smallest absolute Gasteiger partial charge is 0.265 e. The molecular weight excluding hydrogens is 268 g/mol. The molecule has 2 nitrogen and oxygen atoms in total. The van der Waals surface area contributed by atoms with Gasteiger partial charge in [0.15, 0.2) is 0 Å². The molecule has 1 saturated carbocycles. The van der Waals surface area contributed by atoms with Crippen molar-refractivity contribution in [3.63, 3.8) is 0 Å². The normalized spacial score (nSPS) is 16.4. The number of alkyl halides is 3. The highest BCUT2D eigenvalue weighted by Gasteiger charge is 2.28. The van der Waals surface area contributed by atoms with E-state index in [1.807, 2.05) is 0 Å². The molecule has 0 saturated heterocycles. The Morgan fingerprint density at radius 2 is 1.31 bits per heavy atom. The molecule has 0 amide bonds. The molecule has 1 fully saturated rings.